The highest BCUT2D eigenvalue weighted by Gasteiger charge is 2.62. The van der Waals surface area contributed by atoms with Crippen LogP contribution in [0.2, 0.25) is 0 Å². The van der Waals surface area contributed by atoms with Crippen molar-refractivity contribution in [2.45, 2.75) is 44.2 Å². The molecule has 2 aromatic heterocycles. The fourth-order valence-corrected chi connectivity index (χ4v) is 5.73. The molecule has 4 fully saturated rings. The third-order valence-corrected chi connectivity index (χ3v) is 8.03. The highest BCUT2D eigenvalue weighted by molar-refractivity contribution is 5.81. The number of fused-ring (bicyclic) bond motifs is 1. The van der Waals surface area contributed by atoms with E-state index in [1.165, 1.54) is 30.2 Å². The van der Waals surface area contributed by atoms with Gasteiger partial charge < -0.3 is 9.64 Å². The van der Waals surface area contributed by atoms with Crippen molar-refractivity contribution in [3.05, 3.63) is 42.4 Å². The van der Waals surface area contributed by atoms with Crippen molar-refractivity contribution in [3.63, 3.8) is 0 Å². The molecule has 2 aliphatic carbocycles. The molecule has 160 valence electrons. The number of nitrogens with zero attached hydrogens (tertiary/aromatic N) is 6. The Balaban J connectivity index is 1.17. The minimum atomic E-state index is 0.488. The Morgan fingerprint density at radius 3 is 2.68 bits per heavy atom. The van der Waals surface area contributed by atoms with Gasteiger partial charge in [-0.2, -0.15) is 5.10 Å². The summed E-state index contributed by atoms with van der Waals surface area (Å²) in [7, 11) is 0. The van der Waals surface area contributed by atoms with Crippen molar-refractivity contribution in [3.8, 4) is 5.82 Å². The smallest absolute Gasteiger partial charge is 0.159 e. The molecule has 0 radical (unpaired) electrons. The molecule has 7 heteroatoms. The highest BCUT2D eigenvalue weighted by atomic mass is 16.5. The fourth-order valence-electron chi connectivity index (χ4n) is 5.73. The van der Waals surface area contributed by atoms with Crippen molar-refractivity contribution in [2.75, 3.05) is 37.7 Å². The summed E-state index contributed by atoms with van der Waals surface area (Å²) in [4.78, 5) is 14.1. The van der Waals surface area contributed by atoms with Crippen LogP contribution < -0.4 is 4.90 Å². The van der Waals surface area contributed by atoms with E-state index in [1.807, 2.05) is 10.9 Å². The van der Waals surface area contributed by atoms with Crippen molar-refractivity contribution in [1.29, 1.82) is 0 Å². The molecule has 0 unspecified atom stereocenters. The molecule has 3 aromatic rings. The second-order valence-corrected chi connectivity index (χ2v) is 9.95. The van der Waals surface area contributed by atoms with Gasteiger partial charge in [0.2, 0.25) is 0 Å². The molecule has 1 spiro atoms. The van der Waals surface area contributed by atoms with Gasteiger partial charge in [0.05, 0.1) is 31.0 Å². The zero-order chi connectivity index (χ0) is 20.6. The van der Waals surface area contributed by atoms with Crippen LogP contribution >= 0.6 is 0 Å². The number of rotatable bonds is 4. The SMILES string of the molecule is C[C@@H]1CN(c2cc(-n3ncc4ccc([C@@H]5CC56CC6)cc43)ncn2)CCN1C1COC1. The minimum absolute atomic E-state index is 0.488. The van der Waals surface area contributed by atoms with Gasteiger partial charge in [0.25, 0.3) is 0 Å². The van der Waals surface area contributed by atoms with Crippen LogP contribution in [-0.2, 0) is 4.74 Å². The van der Waals surface area contributed by atoms with Crippen LogP contribution in [0, 0.1) is 5.41 Å². The number of benzene rings is 1. The van der Waals surface area contributed by atoms with Crippen LogP contribution in [0.15, 0.2) is 36.8 Å². The lowest BCUT2D eigenvalue weighted by molar-refractivity contribution is -0.0793. The third-order valence-electron chi connectivity index (χ3n) is 8.03. The van der Waals surface area contributed by atoms with E-state index < -0.39 is 0 Å². The average Bonchev–Trinajstić information content (AvgIpc) is 3.65. The molecule has 4 heterocycles. The molecule has 1 aromatic carbocycles. The van der Waals surface area contributed by atoms with Crippen molar-refractivity contribution in [2.24, 2.45) is 5.41 Å². The molecule has 0 N–H and O–H groups in total. The second kappa shape index (κ2) is 6.50. The molecule has 2 saturated heterocycles. The van der Waals surface area contributed by atoms with Crippen LogP contribution in [0.3, 0.4) is 0 Å². The molecule has 4 aliphatic rings. The van der Waals surface area contributed by atoms with Crippen LogP contribution in [0.1, 0.15) is 37.7 Å². The summed E-state index contributed by atoms with van der Waals surface area (Å²) in [6, 6.07) is 10.0. The number of ether oxygens (including phenoxy) is 1. The Labute approximate surface area is 182 Å². The molecule has 0 amide bonds. The summed E-state index contributed by atoms with van der Waals surface area (Å²) in [5.74, 6) is 2.58. The standard InChI is InChI=1S/C24H28N6O/c1-16-12-28(6-7-29(16)19-13-31-14-19)22-9-23(26-15-25-22)30-21-8-17(2-3-18(21)11-27-30)20-10-24(20)4-5-24/h2-3,8-9,11,15-16,19-20H,4-7,10,12-14H2,1H3/t16-,20+/m1/s1. The molecule has 0 bridgehead atoms. The van der Waals surface area contributed by atoms with E-state index in [2.05, 4.69) is 56.1 Å². The van der Waals surface area contributed by atoms with Crippen LogP contribution in [0.4, 0.5) is 5.82 Å². The third kappa shape index (κ3) is 2.90. The van der Waals surface area contributed by atoms with Crippen molar-refractivity contribution >= 4 is 16.7 Å². The van der Waals surface area contributed by atoms with Gasteiger partial charge in [-0.3, -0.25) is 4.90 Å². The van der Waals surface area contributed by atoms with Gasteiger partial charge in [-0.15, -0.1) is 0 Å². The van der Waals surface area contributed by atoms with Crippen LogP contribution in [-0.4, -0.2) is 69.6 Å². The first-order chi connectivity index (χ1) is 15.2. The first-order valence-electron chi connectivity index (χ1n) is 11.6. The Bertz CT molecular complexity index is 1150. The predicted molar refractivity (Wildman–Crippen MR) is 119 cm³/mol. The Hall–Kier alpha value is -2.51. The van der Waals surface area contributed by atoms with E-state index in [4.69, 9.17) is 4.74 Å². The number of aromatic nitrogens is 4. The first-order valence-corrected chi connectivity index (χ1v) is 11.6. The molecular weight excluding hydrogens is 388 g/mol. The number of hydrogen-bond acceptors (Lipinski definition) is 6. The van der Waals surface area contributed by atoms with E-state index in [0.29, 0.717) is 17.5 Å². The topological polar surface area (TPSA) is 59.3 Å². The van der Waals surface area contributed by atoms with E-state index in [1.54, 1.807) is 6.33 Å². The molecule has 2 aliphatic heterocycles. The number of piperazine rings is 1. The molecular formula is C24H28N6O. The van der Waals surface area contributed by atoms with Gasteiger partial charge in [0.1, 0.15) is 12.1 Å². The maximum atomic E-state index is 5.40. The zero-order valence-corrected chi connectivity index (χ0v) is 17.9. The first kappa shape index (κ1) is 18.1. The van der Waals surface area contributed by atoms with E-state index in [9.17, 15) is 0 Å². The summed E-state index contributed by atoms with van der Waals surface area (Å²) in [6.07, 6.45) is 7.80. The summed E-state index contributed by atoms with van der Waals surface area (Å²) >= 11 is 0. The van der Waals surface area contributed by atoms with Gasteiger partial charge in [0.15, 0.2) is 5.82 Å². The number of anilines is 1. The van der Waals surface area contributed by atoms with E-state index in [-0.39, 0.29) is 0 Å². The molecule has 2 atom stereocenters. The van der Waals surface area contributed by atoms with Gasteiger partial charge in [-0.25, -0.2) is 14.6 Å². The average molecular weight is 417 g/mol. The molecule has 7 rings (SSSR count). The van der Waals surface area contributed by atoms with E-state index in [0.717, 1.165) is 55.9 Å². The normalized spacial score (nSPS) is 27.6. The van der Waals surface area contributed by atoms with Gasteiger partial charge >= 0.3 is 0 Å². The van der Waals surface area contributed by atoms with Gasteiger partial charge in [0, 0.05) is 37.1 Å². The fraction of sp³-hybridized carbons (Fsp3) is 0.542. The minimum Gasteiger partial charge on any atom is -0.378 e. The maximum Gasteiger partial charge on any atom is 0.159 e. The lowest BCUT2D eigenvalue weighted by Gasteiger charge is -2.46. The summed E-state index contributed by atoms with van der Waals surface area (Å²) in [5, 5.41) is 5.85. The Morgan fingerprint density at radius 2 is 1.94 bits per heavy atom. The maximum absolute atomic E-state index is 5.40. The zero-order valence-electron chi connectivity index (χ0n) is 17.9. The van der Waals surface area contributed by atoms with Crippen LogP contribution in [0.25, 0.3) is 16.7 Å². The Kier molecular flexibility index (Phi) is 3.79. The molecule has 7 nitrogen and oxygen atoms in total. The highest BCUT2D eigenvalue weighted by Crippen LogP contribution is 2.75. The predicted octanol–water partition coefficient (Wildman–Crippen LogP) is 2.99. The summed E-state index contributed by atoms with van der Waals surface area (Å²) in [6.45, 7) is 7.05. The summed E-state index contributed by atoms with van der Waals surface area (Å²) in [5.41, 5.74) is 3.27. The van der Waals surface area contributed by atoms with Crippen molar-refractivity contribution in [1.82, 2.24) is 24.6 Å². The van der Waals surface area contributed by atoms with Crippen LogP contribution in [0.5, 0.6) is 0 Å². The Morgan fingerprint density at radius 1 is 1.06 bits per heavy atom. The second-order valence-electron chi connectivity index (χ2n) is 9.95. The van der Waals surface area contributed by atoms with E-state index >= 15 is 0 Å². The lowest BCUT2D eigenvalue weighted by Crippen LogP contribution is -2.60. The lowest BCUT2D eigenvalue weighted by atomic mass is 10.1. The van der Waals surface area contributed by atoms with Crippen molar-refractivity contribution < 1.29 is 4.74 Å². The largest absolute Gasteiger partial charge is 0.378 e. The number of hydrogen-bond donors (Lipinski definition) is 0. The van der Waals surface area contributed by atoms with Gasteiger partial charge in [-0.05, 0) is 49.1 Å². The quantitative estimate of drug-likeness (QED) is 0.652. The monoisotopic (exact) mass is 416 g/mol. The van der Waals surface area contributed by atoms with Gasteiger partial charge in [-0.1, -0.05) is 12.1 Å². The molecule has 31 heavy (non-hydrogen) atoms. The molecule has 2 saturated carbocycles. The summed E-state index contributed by atoms with van der Waals surface area (Å²) < 4.78 is 7.38.